The molecule has 4 atom stereocenters. The molecule has 39 heavy (non-hydrogen) atoms. The van der Waals surface area contributed by atoms with Crippen LogP contribution in [-0.2, 0) is 14.3 Å². The second kappa shape index (κ2) is 20.0. The van der Waals surface area contributed by atoms with Crippen LogP contribution in [-0.4, -0.2) is 24.4 Å². The fourth-order valence-corrected chi connectivity index (χ4v) is 4.80. The molecule has 1 aromatic rings. The SMILES string of the molecule is CC/C=C\C/C=C\C/C=C\C/C=C\C/C=C\CCCCO[C@H](CC)C(=O)C1C(=O)N[C@@H](c2ccccc2)[C@H]1C. The third kappa shape index (κ3) is 12.2. The fourth-order valence-electron chi connectivity index (χ4n) is 4.80. The van der Waals surface area contributed by atoms with Crippen LogP contribution in [0.3, 0.4) is 0 Å². The zero-order valence-electron chi connectivity index (χ0n) is 24.3. The molecule has 0 saturated carbocycles. The van der Waals surface area contributed by atoms with E-state index in [1.807, 2.05) is 44.2 Å². The monoisotopic (exact) mass is 531 g/mol. The number of allylic oxidation sites excluding steroid dienone is 10. The Morgan fingerprint density at radius 2 is 1.41 bits per heavy atom. The molecule has 0 aromatic heterocycles. The van der Waals surface area contributed by atoms with Crippen LogP contribution in [0.25, 0.3) is 0 Å². The van der Waals surface area contributed by atoms with Crippen molar-refractivity contribution in [2.24, 2.45) is 11.8 Å². The average molecular weight is 532 g/mol. The number of amides is 1. The molecular weight excluding hydrogens is 482 g/mol. The fraction of sp³-hybridized carbons (Fsp3) is 0.486. The van der Waals surface area contributed by atoms with Crippen LogP contribution in [0.5, 0.6) is 0 Å². The molecule has 1 fully saturated rings. The third-order valence-electron chi connectivity index (χ3n) is 7.03. The molecule has 1 heterocycles. The number of benzene rings is 1. The minimum Gasteiger partial charge on any atom is -0.370 e. The van der Waals surface area contributed by atoms with Gasteiger partial charge in [-0.05, 0) is 69.3 Å². The van der Waals surface area contributed by atoms with E-state index in [0.29, 0.717) is 13.0 Å². The molecule has 1 aromatic carbocycles. The highest BCUT2D eigenvalue weighted by molar-refractivity contribution is 6.05. The zero-order valence-corrected chi connectivity index (χ0v) is 24.3. The molecule has 1 amide bonds. The number of hydrogen-bond donors (Lipinski definition) is 1. The summed E-state index contributed by atoms with van der Waals surface area (Å²) in [6.07, 6.45) is 30.1. The van der Waals surface area contributed by atoms with Gasteiger partial charge in [0.05, 0.1) is 6.04 Å². The Hall–Kier alpha value is -2.98. The van der Waals surface area contributed by atoms with Crippen LogP contribution in [0.2, 0.25) is 0 Å². The summed E-state index contributed by atoms with van der Waals surface area (Å²) in [5.74, 6) is -1.01. The molecule has 2 rings (SSSR count). The molecule has 0 spiro atoms. The van der Waals surface area contributed by atoms with E-state index in [-0.39, 0.29) is 23.7 Å². The van der Waals surface area contributed by atoms with Crippen molar-refractivity contribution in [1.82, 2.24) is 5.32 Å². The van der Waals surface area contributed by atoms with Gasteiger partial charge in [-0.2, -0.15) is 0 Å². The van der Waals surface area contributed by atoms with Gasteiger partial charge in [0.1, 0.15) is 12.0 Å². The van der Waals surface area contributed by atoms with E-state index in [1.54, 1.807) is 0 Å². The van der Waals surface area contributed by atoms with Gasteiger partial charge in [0, 0.05) is 6.61 Å². The first-order valence-corrected chi connectivity index (χ1v) is 14.9. The van der Waals surface area contributed by atoms with Gasteiger partial charge in [-0.15, -0.1) is 0 Å². The van der Waals surface area contributed by atoms with Crippen molar-refractivity contribution in [3.63, 3.8) is 0 Å². The van der Waals surface area contributed by atoms with Crippen molar-refractivity contribution < 1.29 is 14.3 Å². The first-order chi connectivity index (χ1) is 19.1. The van der Waals surface area contributed by atoms with Crippen LogP contribution in [0.4, 0.5) is 0 Å². The molecule has 1 N–H and O–H groups in total. The lowest BCUT2D eigenvalue weighted by Crippen LogP contribution is -2.36. The minimum absolute atomic E-state index is 0.0845. The number of carbonyl (C=O) groups excluding carboxylic acids is 2. The lowest BCUT2D eigenvalue weighted by molar-refractivity contribution is -0.141. The summed E-state index contributed by atoms with van der Waals surface area (Å²) in [6.45, 7) is 6.63. The van der Waals surface area contributed by atoms with E-state index in [0.717, 1.165) is 56.9 Å². The van der Waals surface area contributed by atoms with Crippen molar-refractivity contribution in [2.75, 3.05) is 6.61 Å². The van der Waals surface area contributed by atoms with E-state index in [1.165, 1.54) is 0 Å². The number of carbonyl (C=O) groups is 2. The Balaban J connectivity index is 1.57. The quantitative estimate of drug-likeness (QED) is 0.111. The van der Waals surface area contributed by atoms with Gasteiger partial charge in [-0.25, -0.2) is 0 Å². The molecule has 1 unspecified atom stereocenters. The van der Waals surface area contributed by atoms with E-state index in [2.05, 4.69) is 73.0 Å². The highest BCUT2D eigenvalue weighted by atomic mass is 16.5. The van der Waals surface area contributed by atoms with Crippen LogP contribution >= 0.6 is 0 Å². The predicted molar refractivity (Wildman–Crippen MR) is 163 cm³/mol. The molecule has 0 aliphatic carbocycles. The van der Waals surface area contributed by atoms with Gasteiger partial charge < -0.3 is 10.1 Å². The Bertz CT molecular complexity index is 973. The van der Waals surface area contributed by atoms with Crippen molar-refractivity contribution in [3.05, 3.63) is 96.7 Å². The number of ether oxygens (including phenoxy) is 1. The molecule has 1 aliphatic rings. The molecule has 1 saturated heterocycles. The predicted octanol–water partition coefficient (Wildman–Crippen LogP) is 8.40. The van der Waals surface area contributed by atoms with Gasteiger partial charge in [-0.1, -0.05) is 112 Å². The number of rotatable bonds is 19. The molecule has 212 valence electrons. The second-order valence-corrected chi connectivity index (χ2v) is 10.1. The van der Waals surface area contributed by atoms with Crippen LogP contribution in [0, 0.1) is 11.8 Å². The summed E-state index contributed by atoms with van der Waals surface area (Å²) < 4.78 is 5.95. The maximum atomic E-state index is 13.2. The Morgan fingerprint density at radius 3 is 1.97 bits per heavy atom. The number of nitrogens with one attached hydrogen (secondary N) is 1. The van der Waals surface area contributed by atoms with Gasteiger partial charge in [0.25, 0.3) is 0 Å². The van der Waals surface area contributed by atoms with Crippen molar-refractivity contribution in [1.29, 1.82) is 0 Å². The van der Waals surface area contributed by atoms with Crippen molar-refractivity contribution in [2.45, 2.75) is 90.7 Å². The normalized spacial score (nSPS) is 20.8. The highest BCUT2D eigenvalue weighted by Crippen LogP contribution is 2.35. The molecule has 0 bridgehead atoms. The number of ketones is 1. The summed E-state index contributed by atoms with van der Waals surface area (Å²) in [5, 5.41) is 3.02. The summed E-state index contributed by atoms with van der Waals surface area (Å²) in [5.41, 5.74) is 1.04. The second-order valence-electron chi connectivity index (χ2n) is 10.1. The van der Waals surface area contributed by atoms with Crippen LogP contribution in [0.1, 0.15) is 90.2 Å². The Labute approximate surface area is 237 Å². The van der Waals surface area contributed by atoms with Crippen LogP contribution in [0.15, 0.2) is 91.1 Å². The summed E-state index contributed by atoms with van der Waals surface area (Å²) in [7, 11) is 0. The lowest BCUT2D eigenvalue weighted by atomic mass is 9.84. The van der Waals surface area contributed by atoms with Gasteiger partial charge in [0.15, 0.2) is 5.78 Å². The third-order valence-corrected chi connectivity index (χ3v) is 7.03. The largest absolute Gasteiger partial charge is 0.370 e. The van der Waals surface area contributed by atoms with E-state index >= 15 is 0 Å². The van der Waals surface area contributed by atoms with E-state index < -0.39 is 12.0 Å². The molecule has 1 aliphatic heterocycles. The van der Waals surface area contributed by atoms with E-state index in [9.17, 15) is 9.59 Å². The molecule has 4 nitrogen and oxygen atoms in total. The van der Waals surface area contributed by atoms with Gasteiger partial charge >= 0.3 is 0 Å². The maximum Gasteiger partial charge on any atom is 0.231 e. The summed E-state index contributed by atoms with van der Waals surface area (Å²) in [6, 6.07) is 9.74. The molecular formula is C35H49NO3. The Morgan fingerprint density at radius 1 is 0.846 bits per heavy atom. The Kier molecular flexibility index (Phi) is 16.5. The topological polar surface area (TPSA) is 55.4 Å². The molecule has 4 heteroatoms. The smallest absolute Gasteiger partial charge is 0.231 e. The number of Topliss-reactive ketones (excluding diaryl/α,β-unsaturated/α-hetero) is 1. The van der Waals surface area contributed by atoms with Crippen molar-refractivity contribution >= 4 is 11.7 Å². The standard InChI is InChI=1S/C35H49NO3/c1-4-6-7-8-9-10-11-12-13-14-15-16-17-18-19-20-21-25-28-39-31(5-2)34(37)32-29(3)33(36-35(32)38)30-26-23-22-24-27-30/h6-7,9-10,12-13,15-16,18-19,22-24,26-27,29,31-33H,4-5,8,11,14,17,20-21,25,28H2,1-3H3,(H,36,38)/b7-6-,10-9-,13-12-,16-15-,19-18-/t29-,31+,32?,33+/m0/s1. The summed E-state index contributed by atoms with van der Waals surface area (Å²) in [4.78, 5) is 25.9. The van der Waals surface area contributed by atoms with Gasteiger partial charge in [0.2, 0.25) is 5.91 Å². The maximum absolute atomic E-state index is 13.2. The van der Waals surface area contributed by atoms with Crippen molar-refractivity contribution in [3.8, 4) is 0 Å². The minimum atomic E-state index is -0.651. The average Bonchev–Trinajstić information content (AvgIpc) is 3.25. The number of hydrogen-bond acceptors (Lipinski definition) is 3. The van der Waals surface area contributed by atoms with E-state index in [4.69, 9.17) is 4.74 Å². The van der Waals surface area contributed by atoms with Gasteiger partial charge in [-0.3, -0.25) is 9.59 Å². The zero-order chi connectivity index (χ0) is 28.1. The van der Waals surface area contributed by atoms with Crippen LogP contribution < -0.4 is 5.32 Å². The molecule has 0 radical (unpaired) electrons. The lowest BCUT2D eigenvalue weighted by Gasteiger charge is -2.22. The number of unbranched alkanes of at least 4 members (excludes halogenated alkanes) is 2. The first-order valence-electron chi connectivity index (χ1n) is 14.9. The highest BCUT2D eigenvalue weighted by Gasteiger charge is 2.46. The first kappa shape index (κ1) is 32.2. The summed E-state index contributed by atoms with van der Waals surface area (Å²) >= 11 is 0.